The molecule has 0 aliphatic carbocycles. The summed E-state index contributed by atoms with van der Waals surface area (Å²) in [6.45, 7) is 13.9. The van der Waals surface area contributed by atoms with E-state index in [-0.39, 0.29) is 5.60 Å². The largest absolute Gasteiger partial charge is 0.446 e. The quantitative estimate of drug-likeness (QED) is 0.366. The van der Waals surface area contributed by atoms with Crippen LogP contribution in [0, 0.1) is 6.92 Å². The van der Waals surface area contributed by atoms with E-state index in [0.29, 0.717) is 16.0 Å². The molecule has 232 valence electrons. The maximum absolute atomic E-state index is 11.4. The fourth-order valence-corrected chi connectivity index (χ4v) is 4.57. The monoisotopic (exact) mass is 660 g/mol. The number of aromatic nitrogens is 2. The smallest absolute Gasteiger partial charge is 0.444 e. The molecular weight excluding hydrogens is 623 g/mol. The van der Waals surface area contributed by atoms with Crippen LogP contribution in [0.2, 0.25) is 0 Å². The van der Waals surface area contributed by atoms with Crippen LogP contribution < -0.4 is 15.5 Å². The van der Waals surface area contributed by atoms with Crippen molar-refractivity contribution in [1.29, 1.82) is 0 Å². The minimum atomic E-state index is -4.64. The Labute approximate surface area is 251 Å². The van der Waals surface area contributed by atoms with E-state index in [2.05, 4.69) is 53.6 Å². The number of carbonyl (C=O) groups excluding carboxylic acids is 2. The second kappa shape index (κ2) is 14.1. The van der Waals surface area contributed by atoms with Crippen LogP contribution in [0.4, 0.5) is 29.6 Å². The summed E-state index contributed by atoms with van der Waals surface area (Å²) in [4.78, 5) is 30.9. The molecule has 4 aliphatic rings. The first-order valence-electron chi connectivity index (χ1n) is 13.6. The van der Waals surface area contributed by atoms with E-state index in [1.165, 1.54) is 25.9 Å². The predicted molar refractivity (Wildman–Crippen MR) is 153 cm³/mol. The van der Waals surface area contributed by atoms with Crippen molar-refractivity contribution < 1.29 is 42.3 Å². The highest BCUT2D eigenvalue weighted by molar-refractivity contribution is 9.10. The van der Waals surface area contributed by atoms with Crippen LogP contribution in [0.3, 0.4) is 0 Å². The van der Waals surface area contributed by atoms with Crippen molar-refractivity contribution in [3.8, 4) is 0 Å². The van der Waals surface area contributed by atoms with Gasteiger partial charge in [0, 0.05) is 18.5 Å². The number of pyridine rings is 2. The Morgan fingerprint density at radius 2 is 1.62 bits per heavy atom. The second-order valence-electron chi connectivity index (χ2n) is 11.4. The second-order valence-corrected chi connectivity index (χ2v) is 12.2. The highest BCUT2D eigenvalue weighted by Gasteiger charge is 2.49. The Kier molecular flexibility index (Phi) is 11.3. The van der Waals surface area contributed by atoms with Crippen LogP contribution in [-0.2, 0) is 19.0 Å². The first-order valence-corrected chi connectivity index (χ1v) is 14.3. The molecule has 14 heteroatoms. The first-order chi connectivity index (χ1) is 19.6. The summed E-state index contributed by atoms with van der Waals surface area (Å²) in [5.41, 5.74) is 1.17. The molecule has 0 bridgehead atoms. The minimum Gasteiger partial charge on any atom is -0.444 e. The Bertz CT molecular complexity index is 1180. The minimum absolute atomic E-state index is 0.200. The molecule has 0 unspecified atom stereocenters. The van der Waals surface area contributed by atoms with Crippen molar-refractivity contribution in [2.75, 3.05) is 49.6 Å². The molecule has 2 aromatic rings. The van der Waals surface area contributed by atoms with Gasteiger partial charge in [0.1, 0.15) is 40.5 Å². The third-order valence-electron chi connectivity index (χ3n) is 6.60. The number of quaternary nitrogens is 1. The maximum atomic E-state index is 11.4. The highest BCUT2D eigenvalue weighted by Crippen LogP contribution is 2.37. The number of ether oxygens (including phenoxy) is 3. The lowest BCUT2D eigenvalue weighted by Crippen LogP contribution is -3.04. The molecule has 4 fully saturated rings. The van der Waals surface area contributed by atoms with Crippen LogP contribution in [0.25, 0.3) is 0 Å². The van der Waals surface area contributed by atoms with Crippen molar-refractivity contribution in [1.82, 2.24) is 9.97 Å². The first kappa shape index (κ1) is 33.7. The van der Waals surface area contributed by atoms with E-state index >= 15 is 0 Å². The molecule has 2 aromatic heterocycles. The van der Waals surface area contributed by atoms with Crippen LogP contribution in [0.5, 0.6) is 0 Å². The van der Waals surface area contributed by atoms with E-state index in [1.807, 2.05) is 13.0 Å². The third kappa shape index (κ3) is 10.8. The van der Waals surface area contributed by atoms with Gasteiger partial charge in [-0.05, 0) is 67.9 Å². The summed E-state index contributed by atoms with van der Waals surface area (Å²) in [6.07, 6.45) is -3.68. The topological polar surface area (TPSA) is 119 Å². The predicted octanol–water partition coefficient (Wildman–Crippen LogP) is 4.03. The number of hydrogen-bond acceptors (Lipinski definition) is 8. The number of alkyl halides is 3. The molecule has 10 nitrogen and oxygen atoms in total. The van der Waals surface area contributed by atoms with Gasteiger partial charge < -0.3 is 24.4 Å². The van der Waals surface area contributed by atoms with Gasteiger partial charge in [-0.25, -0.2) is 14.8 Å². The van der Waals surface area contributed by atoms with Crippen molar-refractivity contribution >= 4 is 39.9 Å². The van der Waals surface area contributed by atoms with Crippen molar-refractivity contribution in [3.63, 3.8) is 0 Å². The van der Waals surface area contributed by atoms with E-state index in [0.717, 1.165) is 37.8 Å². The number of halogens is 4. The van der Waals surface area contributed by atoms with Crippen molar-refractivity contribution in [2.24, 2.45) is 0 Å². The number of nitrogens with one attached hydrogen (secondary N) is 1. The number of aryl methyl sites for hydroxylation is 1. The Morgan fingerprint density at radius 1 is 1.05 bits per heavy atom. The molecule has 6 heterocycles. The van der Waals surface area contributed by atoms with Gasteiger partial charge in [0.25, 0.3) is 0 Å². The Hall–Kier alpha value is -2.81. The van der Waals surface area contributed by atoms with Crippen molar-refractivity contribution in [2.45, 2.75) is 63.5 Å². The van der Waals surface area contributed by atoms with Gasteiger partial charge in [-0.1, -0.05) is 12.1 Å². The van der Waals surface area contributed by atoms with E-state index in [9.17, 15) is 18.0 Å². The van der Waals surface area contributed by atoms with Crippen LogP contribution in [-0.4, -0.2) is 84.7 Å². The number of amides is 1. The van der Waals surface area contributed by atoms with Crippen molar-refractivity contribution in [3.05, 3.63) is 46.7 Å². The normalized spacial score (nSPS) is 18.9. The van der Waals surface area contributed by atoms with Gasteiger partial charge >= 0.3 is 12.3 Å². The fraction of sp³-hybridized carbons (Fsp3) is 0.571. The molecular formula is C28H38BrF3N5O5+. The molecule has 1 amide bonds. The highest BCUT2D eigenvalue weighted by atomic mass is 79.9. The lowest BCUT2D eigenvalue weighted by molar-refractivity contribution is -0.752. The summed E-state index contributed by atoms with van der Waals surface area (Å²) in [6, 6.07) is 11.4. The number of nitrogens with zero attached hydrogens (tertiary/aromatic N) is 3. The van der Waals surface area contributed by atoms with Gasteiger partial charge in [0.2, 0.25) is 6.29 Å². The summed E-state index contributed by atoms with van der Waals surface area (Å²) >= 11 is 3.21. The van der Waals surface area contributed by atoms with E-state index in [1.54, 1.807) is 39.0 Å². The SMILES string of the molecule is C1CC2(C[NH2+]C2)O1.CC(C)(C)OC(=O)Nc1cccc(Br)n1.Cc1cccc(N2CC3(CCO3)C2)n1.O=CC(F)(F)F. The number of nitrogens with two attached hydrogens (primary N) is 1. The maximum Gasteiger partial charge on any atom is 0.446 e. The average Bonchev–Trinajstić information content (AvgIpc) is 2.75. The Morgan fingerprint density at radius 3 is 2.00 bits per heavy atom. The summed E-state index contributed by atoms with van der Waals surface area (Å²) in [5, 5.41) is 4.83. The fourth-order valence-electron chi connectivity index (χ4n) is 4.22. The van der Waals surface area contributed by atoms with Gasteiger partial charge in [-0.15, -0.1) is 0 Å². The number of hydrogen-bond donors (Lipinski definition) is 2. The lowest BCUT2D eigenvalue weighted by atomic mass is 9.86. The van der Waals surface area contributed by atoms with Gasteiger partial charge in [0.05, 0.1) is 26.3 Å². The molecule has 0 aromatic carbocycles. The van der Waals surface area contributed by atoms with Crippen LogP contribution in [0.1, 0.15) is 39.3 Å². The molecule has 0 atom stereocenters. The number of anilines is 2. The molecule has 6 rings (SSSR count). The number of rotatable bonds is 2. The zero-order valence-corrected chi connectivity index (χ0v) is 25.8. The average molecular weight is 662 g/mol. The number of carbonyl (C=O) groups is 2. The third-order valence-corrected chi connectivity index (χ3v) is 7.04. The molecule has 2 spiro atoms. The molecule has 4 aliphatic heterocycles. The molecule has 0 saturated carbocycles. The van der Waals surface area contributed by atoms with E-state index in [4.69, 9.17) is 19.0 Å². The summed E-state index contributed by atoms with van der Waals surface area (Å²) in [5.74, 6) is 1.55. The van der Waals surface area contributed by atoms with Crippen LogP contribution >= 0.6 is 15.9 Å². The number of aldehydes is 1. The van der Waals surface area contributed by atoms with E-state index < -0.39 is 24.2 Å². The zero-order chi connectivity index (χ0) is 31.0. The molecule has 42 heavy (non-hydrogen) atoms. The lowest BCUT2D eigenvalue weighted by Gasteiger charge is -2.55. The standard InChI is InChI=1S/C11H14N2O.C10H13BrN2O2.C5H9NO.C2HF3O/c1-9-3-2-4-10(12-9)13-7-11(8-13)5-6-14-11;1-10(2,3)15-9(14)13-8-6-4-5-7(11)12-8;1-2-7-5(1)3-6-4-5;3-2(4,5)1-6/h2-4H,5-8H2,1H3;4-6H,1-3H3,(H,12,13,14);6H,1-4H2;1H/p+1. The van der Waals surface area contributed by atoms with Gasteiger partial charge in [0.15, 0.2) is 5.60 Å². The summed E-state index contributed by atoms with van der Waals surface area (Å²) in [7, 11) is 0. The van der Waals surface area contributed by atoms with Gasteiger partial charge in [-0.3, -0.25) is 10.1 Å². The molecule has 3 N–H and O–H groups in total. The molecule has 4 saturated heterocycles. The van der Waals surface area contributed by atoms with Gasteiger partial charge in [-0.2, -0.15) is 13.2 Å². The zero-order valence-electron chi connectivity index (χ0n) is 24.2. The Balaban J connectivity index is 0.000000164. The van der Waals surface area contributed by atoms with Crippen LogP contribution in [0.15, 0.2) is 41.0 Å². The molecule has 0 radical (unpaired) electrons. The summed E-state index contributed by atoms with van der Waals surface area (Å²) < 4.78 is 47.9.